The average Bonchev–Trinajstić information content (AvgIpc) is 2.44. The molecule has 4 N–H and O–H groups in total. The van der Waals surface area contributed by atoms with E-state index in [1.54, 1.807) is 18.2 Å². The molecule has 0 heterocycles. The standard InChI is InChI=1S/C13H19N3O5/c1-8(17)6-12(18)15-16-13(19)14-9-4-5-10(20-2)11(7-9)21-3/h4-5,7-8,17H,6H2,1-3H3,(H,15,18)(H2,14,16,19)/t8-/m1/s1. The molecule has 3 amide bonds. The summed E-state index contributed by atoms with van der Waals surface area (Å²) in [6.45, 7) is 1.48. The summed E-state index contributed by atoms with van der Waals surface area (Å²) in [6.07, 6.45) is -0.878. The molecule has 1 atom stereocenters. The fourth-order valence-electron chi connectivity index (χ4n) is 1.52. The first-order valence-electron chi connectivity index (χ1n) is 6.22. The number of hydrogen-bond acceptors (Lipinski definition) is 5. The predicted octanol–water partition coefficient (Wildman–Crippen LogP) is 0.627. The number of hydrazine groups is 1. The van der Waals surface area contributed by atoms with Crippen LogP contribution in [0.3, 0.4) is 0 Å². The van der Waals surface area contributed by atoms with Crippen LogP contribution in [0.25, 0.3) is 0 Å². The second-order valence-corrected chi connectivity index (χ2v) is 4.25. The Morgan fingerprint density at radius 1 is 1.19 bits per heavy atom. The van der Waals surface area contributed by atoms with Crippen LogP contribution in [0.5, 0.6) is 11.5 Å². The number of amides is 3. The lowest BCUT2D eigenvalue weighted by molar-refractivity contribution is -0.123. The van der Waals surface area contributed by atoms with Gasteiger partial charge in [0.1, 0.15) is 0 Å². The second-order valence-electron chi connectivity index (χ2n) is 4.25. The zero-order chi connectivity index (χ0) is 15.8. The van der Waals surface area contributed by atoms with E-state index in [1.165, 1.54) is 21.1 Å². The van der Waals surface area contributed by atoms with Crippen molar-refractivity contribution in [1.82, 2.24) is 10.9 Å². The molecule has 0 saturated heterocycles. The maximum Gasteiger partial charge on any atom is 0.337 e. The first-order valence-corrected chi connectivity index (χ1v) is 6.22. The molecule has 1 aromatic rings. The van der Waals surface area contributed by atoms with Crippen molar-refractivity contribution < 1.29 is 24.2 Å². The summed E-state index contributed by atoms with van der Waals surface area (Å²) in [5, 5.41) is 11.5. The number of carbonyl (C=O) groups is 2. The Bertz CT molecular complexity index is 505. The van der Waals surface area contributed by atoms with E-state index >= 15 is 0 Å². The van der Waals surface area contributed by atoms with Gasteiger partial charge in [0.05, 0.1) is 26.7 Å². The number of ether oxygens (including phenoxy) is 2. The van der Waals surface area contributed by atoms with E-state index in [4.69, 9.17) is 14.6 Å². The van der Waals surface area contributed by atoms with Gasteiger partial charge >= 0.3 is 6.03 Å². The van der Waals surface area contributed by atoms with Gasteiger partial charge in [0.25, 0.3) is 0 Å². The highest BCUT2D eigenvalue weighted by Gasteiger charge is 2.09. The summed E-state index contributed by atoms with van der Waals surface area (Å²) in [5.74, 6) is 0.509. The lowest BCUT2D eigenvalue weighted by Crippen LogP contribution is -2.44. The zero-order valence-electron chi connectivity index (χ0n) is 12.1. The minimum atomic E-state index is -0.777. The third-order valence-electron chi connectivity index (χ3n) is 2.44. The van der Waals surface area contributed by atoms with Crippen LogP contribution in [0.1, 0.15) is 13.3 Å². The van der Waals surface area contributed by atoms with Crippen molar-refractivity contribution >= 4 is 17.6 Å². The van der Waals surface area contributed by atoms with E-state index in [0.29, 0.717) is 17.2 Å². The molecule has 0 fully saturated rings. The molecule has 116 valence electrons. The molecule has 0 aliphatic carbocycles. The molecule has 0 unspecified atom stereocenters. The van der Waals surface area contributed by atoms with Crippen molar-refractivity contribution in [1.29, 1.82) is 0 Å². The summed E-state index contributed by atoms with van der Waals surface area (Å²) >= 11 is 0. The summed E-state index contributed by atoms with van der Waals surface area (Å²) in [5.41, 5.74) is 4.81. The van der Waals surface area contributed by atoms with Crippen LogP contribution >= 0.6 is 0 Å². The summed E-state index contributed by atoms with van der Waals surface area (Å²) in [4.78, 5) is 22.8. The summed E-state index contributed by atoms with van der Waals surface area (Å²) in [7, 11) is 2.99. The maximum absolute atomic E-state index is 11.6. The number of urea groups is 1. The molecule has 1 rings (SSSR count). The lowest BCUT2D eigenvalue weighted by atomic mass is 10.3. The second kappa shape index (κ2) is 7.95. The Balaban J connectivity index is 2.53. The van der Waals surface area contributed by atoms with Crippen molar-refractivity contribution in [3.63, 3.8) is 0 Å². The van der Waals surface area contributed by atoms with Crippen molar-refractivity contribution in [2.45, 2.75) is 19.4 Å². The molecule has 0 saturated carbocycles. The fourth-order valence-corrected chi connectivity index (χ4v) is 1.52. The quantitative estimate of drug-likeness (QED) is 0.596. The van der Waals surface area contributed by atoms with Gasteiger partial charge in [-0.25, -0.2) is 10.2 Å². The highest BCUT2D eigenvalue weighted by Crippen LogP contribution is 2.29. The largest absolute Gasteiger partial charge is 0.493 e. The normalized spacial score (nSPS) is 11.2. The number of nitrogens with one attached hydrogen (secondary N) is 3. The monoisotopic (exact) mass is 297 g/mol. The van der Waals surface area contributed by atoms with Crippen LogP contribution in [0.4, 0.5) is 10.5 Å². The number of aliphatic hydroxyl groups is 1. The number of carbonyl (C=O) groups excluding carboxylic acids is 2. The van der Waals surface area contributed by atoms with Gasteiger partial charge in [-0.1, -0.05) is 0 Å². The van der Waals surface area contributed by atoms with Crippen molar-refractivity contribution in [2.75, 3.05) is 19.5 Å². The fraction of sp³-hybridized carbons (Fsp3) is 0.385. The van der Waals surface area contributed by atoms with E-state index in [-0.39, 0.29) is 6.42 Å². The third-order valence-corrected chi connectivity index (χ3v) is 2.44. The van der Waals surface area contributed by atoms with Gasteiger partial charge in [0, 0.05) is 11.8 Å². The first kappa shape index (κ1) is 16.6. The van der Waals surface area contributed by atoms with Crippen LogP contribution in [0.15, 0.2) is 18.2 Å². The van der Waals surface area contributed by atoms with Crippen molar-refractivity contribution in [3.8, 4) is 11.5 Å². The van der Waals surface area contributed by atoms with E-state index < -0.39 is 18.0 Å². The van der Waals surface area contributed by atoms with Gasteiger partial charge < -0.3 is 19.9 Å². The Morgan fingerprint density at radius 2 is 1.86 bits per heavy atom. The molecule has 0 spiro atoms. The predicted molar refractivity (Wildman–Crippen MR) is 76.1 cm³/mol. The molecule has 1 aromatic carbocycles. The Labute approximate surface area is 122 Å². The molecular weight excluding hydrogens is 278 g/mol. The Morgan fingerprint density at radius 3 is 2.43 bits per heavy atom. The van der Waals surface area contributed by atoms with Gasteiger partial charge in [0.15, 0.2) is 11.5 Å². The summed E-state index contributed by atoms with van der Waals surface area (Å²) < 4.78 is 10.2. The minimum Gasteiger partial charge on any atom is -0.493 e. The van der Waals surface area contributed by atoms with Gasteiger partial charge in [0.2, 0.25) is 5.91 Å². The number of benzene rings is 1. The molecule has 0 bridgehead atoms. The van der Waals surface area contributed by atoms with Crippen LogP contribution in [0, 0.1) is 0 Å². The van der Waals surface area contributed by atoms with Crippen molar-refractivity contribution in [3.05, 3.63) is 18.2 Å². The molecule has 0 radical (unpaired) electrons. The molecule has 0 aliphatic rings. The van der Waals surface area contributed by atoms with E-state index in [2.05, 4.69) is 16.2 Å². The molecular formula is C13H19N3O5. The van der Waals surface area contributed by atoms with Gasteiger partial charge in [-0.05, 0) is 19.1 Å². The van der Waals surface area contributed by atoms with Gasteiger partial charge in [-0.3, -0.25) is 10.2 Å². The molecule has 0 aromatic heterocycles. The number of aliphatic hydroxyl groups excluding tert-OH is 1. The molecule has 0 aliphatic heterocycles. The molecule has 21 heavy (non-hydrogen) atoms. The van der Waals surface area contributed by atoms with E-state index in [9.17, 15) is 9.59 Å². The number of hydrogen-bond donors (Lipinski definition) is 4. The minimum absolute atomic E-state index is 0.101. The Kier molecular flexibility index (Phi) is 6.28. The van der Waals surface area contributed by atoms with Crippen molar-refractivity contribution in [2.24, 2.45) is 0 Å². The summed E-state index contributed by atoms with van der Waals surface area (Å²) in [6, 6.07) is 4.22. The van der Waals surface area contributed by atoms with Crippen LogP contribution in [-0.2, 0) is 4.79 Å². The van der Waals surface area contributed by atoms with Crippen LogP contribution in [0.2, 0.25) is 0 Å². The number of methoxy groups -OCH3 is 2. The third kappa shape index (κ3) is 5.57. The highest BCUT2D eigenvalue weighted by atomic mass is 16.5. The maximum atomic E-state index is 11.6. The van der Waals surface area contributed by atoms with Crippen LogP contribution in [-0.4, -0.2) is 37.4 Å². The Hall–Kier alpha value is -2.48. The van der Waals surface area contributed by atoms with E-state index in [0.717, 1.165) is 0 Å². The topological polar surface area (TPSA) is 109 Å². The highest BCUT2D eigenvalue weighted by molar-refractivity contribution is 5.91. The van der Waals surface area contributed by atoms with E-state index in [1.807, 2.05) is 0 Å². The van der Waals surface area contributed by atoms with Gasteiger partial charge in [-0.15, -0.1) is 0 Å². The van der Waals surface area contributed by atoms with Gasteiger partial charge in [-0.2, -0.15) is 0 Å². The lowest BCUT2D eigenvalue weighted by Gasteiger charge is -2.12. The smallest absolute Gasteiger partial charge is 0.337 e. The molecule has 8 heteroatoms. The SMILES string of the molecule is COc1ccc(NC(=O)NNC(=O)C[C@@H](C)O)cc1OC. The zero-order valence-corrected chi connectivity index (χ0v) is 12.1. The first-order chi connectivity index (χ1) is 9.96. The number of rotatable bonds is 5. The van der Waals surface area contributed by atoms with Crippen LogP contribution < -0.4 is 25.6 Å². The average molecular weight is 297 g/mol. The molecule has 8 nitrogen and oxygen atoms in total. The number of anilines is 1.